The summed E-state index contributed by atoms with van der Waals surface area (Å²) in [5, 5.41) is 7.99. The normalized spacial score (nSPS) is 20.8. The molecular formula is C18H19FN2O3S. The van der Waals surface area contributed by atoms with E-state index in [2.05, 4.69) is 5.32 Å². The van der Waals surface area contributed by atoms with Crippen molar-refractivity contribution in [1.29, 1.82) is 0 Å². The Balaban J connectivity index is 1.67. The minimum atomic E-state index is -3.80. The fourth-order valence-corrected chi connectivity index (χ4v) is 3.54. The predicted molar refractivity (Wildman–Crippen MR) is 91.6 cm³/mol. The van der Waals surface area contributed by atoms with Crippen molar-refractivity contribution >= 4 is 15.9 Å². The van der Waals surface area contributed by atoms with E-state index in [9.17, 15) is 17.6 Å². The standard InChI is InChI=1S/C18H19FN2O3S/c1-11(12-5-4-6-13(9-12)25(20,23)24)21-18(22)16-10-15(16)14-7-2-3-8-17(14)19/h2-9,11,15-16H,10H2,1H3,(H,21,22)(H2,20,23,24)/t11-,15+,16-/m0/s1. The van der Waals surface area contributed by atoms with Crippen LogP contribution >= 0.6 is 0 Å². The zero-order chi connectivity index (χ0) is 18.2. The fourth-order valence-electron chi connectivity index (χ4n) is 2.97. The number of carbonyl (C=O) groups is 1. The van der Waals surface area contributed by atoms with Crippen LogP contribution in [-0.2, 0) is 14.8 Å². The molecule has 5 nitrogen and oxygen atoms in total. The molecule has 132 valence electrons. The van der Waals surface area contributed by atoms with E-state index in [0.717, 1.165) is 0 Å². The first kappa shape index (κ1) is 17.6. The largest absolute Gasteiger partial charge is 0.349 e. The maximum atomic E-state index is 13.8. The molecule has 0 saturated heterocycles. The molecule has 2 aromatic carbocycles. The Morgan fingerprint density at radius 3 is 2.64 bits per heavy atom. The number of carbonyl (C=O) groups excluding carboxylic acids is 1. The molecule has 0 aromatic heterocycles. The van der Waals surface area contributed by atoms with Crippen LogP contribution in [0.3, 0.4) is 0 Å². The van der Waals surface area contributed by atoms with Gasteiger partial charge in [-0.1, -0.05) is 30.3 Å². The third kappa shape index (κ3) is 3.88. The maximum Gasteiger partial charge on any atom is 0.238 e. The monoisotopic (exact) mass is 362 g/mol. The zero-order valence-electron chi connectivity index (χ0n) is 13.6. The van der Waals surface area contributed by atoms with Crippen LogP contribution in [0.15, 0.2) is 53.4 Å². The summed E-state index contributed by atoms with van der Waals surface area (Å²) in [5.41, 5.74) is 1.20. The van der Waals surface area contributed by atoms with Gasteiger partial charge in [0.25, 0.3) is 0 Å². The Morgan fingerprint density at radius 1 is 1.24 bits per heavy atom. The third-order valence-electron chi connectivity index (χ3n) is 4.48. The Bertz CT molecular complexity index is 914. The van der Waals surface area contributed by atoms with Crippen LogP contribution in [-0.4, -0.2) is 14.3 Å². The van der Waals surface area contributed by atoms with Crippen LogP contribution in [0.2, 0.25) is 0 Å². The lowest BCUT2D eigenvalue weighted by atomic mass is 10.1. The van der Waals surface area contributed by atoms with Crippen LogP contribution in [0, 0.1) is 11.7 Å². The van der Waals surface area contributed by atoms with E-state index < -0.39 is 10.0 Å². The van der Waals surface area contributed by atoms with Crippen LogP contribution in [0.5, 0.6) is 0 Å². The highest BCUT2D eigenvalue weighted by molar-refractivity contribution is 7.89. The van der Waals surface area contributed by atoms with Crippen LogP contribution < -0.4 is 10.5 Å². The topological polar surface area (TPSA) is 89.3 Å². The average Bonchev–Trinajstić information content (AvgIpc) is 3.35. The number of primary sulfonamides is 1. The molecule has 1 aliphatic rings. The lowest BCUT2D eigenvalue weighted by Gasteiger charge is -2.15. The second-order valence-corrected chi connectivity index (χ2v) is 7.88. The summed E-state index contributed by atoms with van der Waals surface area (Å²) in [6.07, 6.45) is 0.608. The molecule has 0 aliphatic heterocycles. The van der Waals surface area contributed by atoms with Gasteiger partial charge in [-0.3, -0.25) is 4.79 Å². The van der Waals surface area contributed by atoms with Gasteiger partial charge in [0.05, 0.1) is 10.9 Å². The Kier molecular flexibility index (Phi) is 4.62. The summed E-state index contributed by atoms with van der Waals surface area (Å²) in [7, 11) is -3.80. The molecule has 3 N–H and O–H groups in total. The molecule has 1 aliphatic carbocycles. The van der Waals surface area contributed by atoms with E-state index in [1.165, 1.54) is 18.2 Å². The van der Waals surface area contributed by atoms with E-state index in [1.54, 1.807) is 37.3 Å². The number of rotatable bonds is 5. The van der Waals surface area contributed by atoms with E-state index in [4.69, 9.17) is 5.14 Å². The number of halogens is 1. The summed E-state index contributed by atoms with van der Waals surface area (Å²) >= 11 is 0. The van der Waals surface area contributed by atoms with Gasteiger partial charge in [-0.2, -0.15) is 0 Å². The molecule has 1 saturated carbocycles. The van der Waals surface area contributed by atoms with Crippen molar-refractivity contribution in [3.63, 3.8) is 0 Å². The molecule has 3 atom stereocenters. The minimum absolute atomic E-state index is 0.00162. The highest BCUT2D eigenvalue weighted by Gasteiger charge is 2.45. The first-order valence-electron chi connectivity index (χ1n) is 7.95. The van der Waals surface area contributed by atoms with Crippen LogP contribution in [0.4, 0.5) is 4.39 Å². The van der Waals surface area contributed by atoms with E-state index in [1.807, 2.05) is 0 Å². The van der Waals surface area contributed by atoms with Crippen molar-refractivity contribution < 1.29 is 17.6 Å². The summed E-state index contributed by atoms with van der Waals surface area (Å²) in [5.74, 6) is -0.830. The first-order chi connectivity index (χ1) is 11.8. The van der Waals surface area contributed by atoms with Crippen LogP contribution in [0.25, 0.3) is 0 Å². The average molecular weight is 362 g/mol. The van der Waals surface area contributed by atoms with Gasteiger partial charge in [0.15, 0.2) is 0 Å². The third-order valence-corrected chi connectivity index (χ3v) is 5.39. The summed E-state index contributed by atoms with van der Waals surface area (Å²) < 4.78 is 36.7. The highest BCUT2D eigenvalue weighted by Crippen LogP contribution is 2.48. The summed E-state index contributed by atoms with van der Waals surface area (Å²) in [4.78, 5) is 12.4. The Hall–Kier alpha value is -2.25. The van der Waals surface area contributed by atoms with Gasteiger partial charge >= 0.3 is 0 Å². The lowest BCUT2D eigenvalue weighted by molar-refractivity contribution is -0.123. The molecule has 7 heteroatoms. The molecule has 0 unspecified atom stereocenters. The van der Waals surface area contributed by atoms with E-state index in [-0.39, 0.29) is 34.5 Å². The van der Waals surface area contributed by atoms with Crippen molar-refractivity contribution in [2.24, 2.45) is 11.1 Å². The van der Waals surface area contributed by atoms with Crippen molar-refractivity contribution in [3.05, 3.63) is 65.5 Å². The van der Waals surface area contributed by atoms with Gasteiger partial charge in [0, 0.05) is 5.92 Å². The molecule has 0 heterocycles. The Labute approximate surface area is 146 Å². The SMILES string of the molecule is C[C@H](NC(=O)[C@H]1C[C@@H]1c1ccccc1F)c1cccc(S(N)(=O)=O)c1. The quantitative estimate of drug-likeness (QED) is 0.856. The van der Waals surface area contributed by atoms with Crippen molar-refractivity contribution in [2.45, 2.75) is 30.2 Å². The number of sulfonamides is 1. The van der Waals surface area contributed by atoms with Crippen molar-refractivity contribution in [2.75, 3.05) is 0 Å². The first-order valence-corrected chi connectivity index (χ1v) is 9.49. The predicted octanol–water partition coefficient (Wildman–Crippen LogP) is 2.45. The molecule has 0 bridgehead atoms. The molecule has 3 rings (SSSR count). The van der Waals surface area contributed by atoms with Gasteiger partial charge < -0.3 is 5.32 Å². The highest BCUT2D eigenvalue weighted by atomic mass is 32.2. The second-order valence-electron chi connectivity index (χ2n) is 6.32. The second kappa shape index (κ2) is 6.57. The van der Waals surface area contributed by atoms with Gasteiger partial charge in [-0.15, -0.1) is 0 Å². The Morgan fingerprint density at radius 2 is 1.96 bits per heavy atom. The minimum Gasteiger partial charge on any atom is -0.349 e. The van der Waals surface area contributed by atoms with Crippen LogP contribution in [0.1, 0.15) is 36.4 Å². The maximum absolute atomic E-state index is 13.8. The number of nitrogens with one attached hydrogen (secondary N) is 1. The molecular weight excluding hydrogens is 343 g/mol. The summed E-state index contributed by atoms with van der Waals surface area (Å²) in [6.45, 7) is 1.76. The molecule has 25 heavy (non-hydrogen) atoms. The van der Waals surface area contributed by atoms with Gasteiger partial charge in [0.2, 0.25) is 15.9 Å². The summed E-state index contributed by atoms with van der Waals surface area (Å²) in [6, 6.07) is 12.2. The van der Waals surface area contributed by atoms with Crippen molar-refractivity contribution in [3.8, 4) is 0 Å². The number of benzene rings is 2. The molecule has 0 radical (unpaired) electrons. The number of amides is 1. The molecule has 2 aromatic rings. The van der Waals surface area contributed by atoms with Crippen molar-refractivity contribution in [1.82, 2.24) is 5.32 Å². The van der Waals surface area contributed by atoms with Gasteiger partial charge in [-0.25, -0.2) is 17.9 Å². The lowest BCUT2D eigenvalue weighted by Crippen LogP contribution is -2.28. The molecule has 1 fully saturated rings. The number of hydrogen-bond acceptors (Lipinski definition) is 3. The van der Waals surface area contributed by atoms with Gasteiger partial charge in [-0.05, 0) is 48.6 Å². The van der Waals surface area contributed by atoms with Gasteiger partial charge in [0.1, 0.15) is 5.82 Å². The zero-order valence-corrected chi connectivity index (χ0v) is 14.5. The number of hydrogen-bond donors (Lipinski definition) is 2. The molecule has 0 spiro atoms. The molecule has 1 amide bonds. The van der Waals surface area contributed by atoms with E-state index in [0.29, 0.717) is 17.5 Å². The van der Waals surface area contributed by atoms with E-state index >= 15 is 0 Å². The number of nitrogens with two attached hydrogens (primary N) is 1. The fraction of sp³-hybridized carbons (Fsp3) is 0.278. The smallest absolute Gasteiger partial charge is 0.238 e.